The van der Waals surface area contributed by atoms with E-state index in [9.17, 15) is 18.5 Å². The Bertz CT molecular complexity index is 838. The summed E-state index contributed by atoms with van der Waals surface area (Å²) < 4.78 is 28.0. The van der Waals surface area contributed by atoms with Crippen LogP contribution in [0, 0.1) is 10.1 Å². The van der Waals surface area contributed by atoms with Crippen LogP contribution >= 0.6 is 0 Å². The van der Waals surface area contributed by atoms with Crippen LogP contribution in [0.2, 0.25) is 0 Å². The fraction of sp³-hybridized carbons (Fsp3) is 0.294. The number of piperidine rings is 1. The molecule has 0 unspecified atom stereocenters. The minimum Gasteiger partial charge on any atom is -0.315 e. The minimum atomic E-state index is -3.76. The lowest BCUT2D eigenvalue weighted by Crippen LogP contribution is -2.49. The van der Waals surface area contributed by atoms with E-state index in [1.54, 1.807) is 0 Å². The molecule has 1 aliphatic rings. The molecule has 2 atom stereocenters. The van der Waals surface area contributed by atoms with Crippen molar-refractivity contribution in [2.75, 3.05) is 13.1 Å². The summed E-state index contributed by atoms with van der Waals surface area (Å²) in [6.07, 6.45) is 0.831. The molecule has 1 aliphatic heterocycles. The summed E-state index contributed by atoms with van der Waals surface area (Å²) in [5, 5.41) is 13.9. The predicted octanol–water partition coefficient (Wildman–Crippen LogP) is 2.02. The standard InChI is InChI=1S/C17H19N3O4S/c21-20(22)14-6-8-15(9-7-14)25(23,24)19-17-12-18-11-10-16(17)13-4-2-1-3-5-13/h1-9,16-19H,10-12H2/t16-,17-/m1/s1. The highest BCUT2D eigenvalue weighted by Crippen LogP contribution is 2.27. The summed E-state index contributed by atoms with van der Waals surface area (Å²) in [5.74, 6) is 0.0790. The first-order chi connectivity index (χ1) is 12.0. The van der Waals surface area contributed by atoms with Gasteiger partial charge < -0.3 is 5.32 Å². The molecular weight excluding hydrogens is 342 g/mol. The first-order valence-corrected chi connectivity index (χ1v) is 9.48. The van der Waals surface area contributed by atoms with Gasteiger partial charge in [0.1, 0.15) is 0 Å². The van der Waals surface area contributed by atoms with E-state index in [4.69, 9.17) is 0 Å². The van der Waals surface area contributed by atoms with Crippen molar-refractivity contribution in [3.05, 3.63) is 70.3 Å². The molecule has 2 aromatic rings. The van der Waals surface area contributed by atoms with Gasteiger partial charge in [0.2, 0.25) is 10.0 Å². The number of hydrogen-bond donors (Lipinski definition) is 2. The smallest absolute Gasteiger partial charge is 0.269 e. The predicted molar refractivity (Wildman–Crippen MR) is 93.9 cm³/mol. The average molecular weight is 361 g/mol. The highest BCUT2D eigenvalue weighted by atomic mass is 32.2. The Kier molecular flexibility index (Phi) is 5.12. The summed E-state index contributed by atoms with van der Waals surface area (Å²) in [5.41, 5.74) is 0.959. The quantitative estimate of drug-likeness (QED) is 0.627. The number of rotatable bonds is 5. The van der Waals surface area contributed by atoms with Crippen LogP contribution in [0.25, 0.3) is 0 Å². The van der Waals surface area contributed by atoms with E-state index in [1.165, 1.54) is 24.3 Å². The molecule has 0 aliphatic carbocycles. The van der Waals surface area contributed by atoms with Crippen LogP contribution in [-0.4, -0.2) is 32.5 Å². The van der Waals surface area contributed by atoms with Crippen LogP contribution in [0.3, 0.4) is 0 Å². The normalized spacial score (nSPS) is 21.0. The van der Waals surface area contributed by atoms with Gasteiger partial charge in [0.15, 0.2) is 0 Å². The largest absolute Gasteiger partial charge is 0.315 e. The summed E-state index contributed by atoms with van der Waals surface area (Å²) in [6, 6.07) is 14.5. The molecule has 7 nitrogen and oxygen atoms in total. The molecule has 0 radical (unpaired) electrons. The number of benzene rings is 2. The molecule has 2 aromatic carbocycles. The minimum absolute atomic E-state index is 0.0236. The molecule has 0 amide bonds. The first kappa shape index (κ1) is 17.5. The number of nitro groups is 1. The van der Waals surface area contributed by atoms with Crippen molar-refractivity contribution in [3.63, 3.8) is 0 Å². The van der Waals surface area contributed by atoms with E-state index in [2.05, 4.69) is 10.0 Å². The van der Waals surface area contributed by atoms with Crippen LogP contribution in [0.1, 0.15) is 17.9 Å². The van der Waals surface area contributed by atoms with Crippen molar-refractivity contribution in [3.8, 4) is 0 Å². The van der Waals surface area contributed by atoms with Gasteiger partial charge in [0, 0.05) is 30.6 Å². The lowest BCUT2D eigenvalue weighted by Gasteiger charge is -2.33. The third-order valence-corrected chi connectivity index (χ3v) is 5.88. The van der Waals surface area contributed by atoms with Crippen molar-refractivity contribution < 1.29 is 13.3 Å². The molecule has 1 fully saturated rings. The van der Waals surface area contributed by atoms with E-state index in [0.717, 1.165) is 18.5 Å². The van der Waals surface area contributed by atoms with Crippen LogP contribution in [0.5, 0.6) is 0 Å². The van der Waals surface area contributed by atoms with E-state index >= 15 is 0 Å². The Labute approximate surface area is 146 Å². The van der Waals surface area contributed by atoms with E-state index in [-0.39, 0.29) is 22.5 Å². The van der Waals surface area contributed by atoms with E-state index < -0.39 is 14.9 Å². The maximum atomic E-state index is 12.6. The molecular formula is C17H19N3O4S. The summed E-state index contributed by atoms with van der Waals surface area (Å²) in [6.45, 7) is 1.36. The molecule has 2 N–H and O–H groups in total. The number of hydrogen-bond acceptors (Lipinski definition) is 5. The molecule has 1 saturated heterocycles. The fourth-order valence-corrected chi connectivity index (χ4v) is 4.37. The van der Waals surface area contributed by atoms with Gasteiger partial charge in [-0.05, 0) is 30.7 Å². The van der Waals surface area contributed by atoms with Crippen molar-refractivity contribution in [1.29, 1.82) is 0 Å². The van der Waals surface area contributed by atoms with Gasteiger partial charge in [-0.25, -0.2) is 13.1 Å². The Morgan fingerprint density at radius 3 is 2.40 bits per heavy atom. The lowest BCUT2D eigenvalue weighted by molar-refractivity contribution is -0.384. The molecule has 8 heteroatoms. The number of sulfonamides is 1. The van der Waals surface area contributed by atoms with Gasteiger partial charge in [-0.3, -0.25) is 10.1 Å². The third kappa shape index (κ3) is 4.04. The van der Waals surface area contributed by atoms with Gasteiger partial charge >= 0.3 is 0 Å². The van der Waals surface area contributed by atoms with Crippen LogP contribution in [-0.2, 0) is 10.0 Å². The second-order valence-electron chi connectivity index (χ2n) is 5.99. The van der Waals surface area contributed by atoms with Crippen molar-refractivity contribution in [2.45, 2.75) is 23.3 Å². The maximum absolute atomic E-state index is 12.6. The lowest BCUT2D eigenvalue weighted by atomic mass is 9.87. The molecule has 3 rings (SSSR count). The average Bonchev–Trinajstić information content (AvgIpc) is 2.63. The summed E-state index contributed by atoms with van der Waals surface area (Å²) in [7, 11) is -3.76. The first-order valence-electron chi connectivity index (χ1n) is 8.00. The van der Waals surface area contributed by atoms with Gasteiger partial charge in [-0.1, -0.05) is 30.3 Å². The monoisotopic (exact) mass is 361 g/mol. The molecule has 0 spiro atoms. The molecule has 1 heterocycles. The molecule has 25 heavy (non-hydrogen) atoms. The van der Waals surface area contributed by atoms with Crippen molar-refractivity contribution in [2.24, 2.45) is 0 Å². The SMILES string of the molecule is O=[N+]([O-])c1ccc(S(=O)(=O)N[C@@H]2CNCC[C@@H]2c2ccccc2)cc1. The Morgan fingerprint density at radius 2 is 1.76 bits per heavy atom. The van der Waals surface area contributed by atoms with Gasteiger partial charge in [0.05, 0.1) is 9.82 Å². The second-order valence-corrected chi connectivity index (χ2v) is 7.70. The van der Waals surface area contributed by atoms with Gasteiger partial charge in [-0.15, -0.1) is 0 Å². The second kappa shape index (κ2) is 7.30. The maximum Gasteiger partial charge on any atom is 0.269 e. The fourth-order valence-electron chi connectivity index (χ4n) is 3.10. The number of non-ortho nitro benzene ring substituents is 1. The highest BCUT2D eigenvalue weighted by Gasteiger charge is 2.30. The zero-order chi connectivity index (χ0) is 17.9. The van der Waals surface area contributed by atoms with E-state index in [1.807, 2.05) is 30.3 Å². The van der Waals surface area contributed by atoms with Crippen LogP contribution < -0.4 is 10.0 Å². The zero-order valence-corrected chi connectivity index (χ0v) is 14.3. The van der Waals surface area contributed by atoms with Crippen LogP contribution in [0.4, 0.5) is 5.69 Å². The Morgan fingerprint density at radius 1 is 1.08 bits per heavy atom. The topological polar surface area (TPSA) is 101 Å². The molecule has 132 valence electrons. The highest BCUT2D eigenvalue weighted by molar-refractivity contribution is 7.89. The summed E-state index contributed by atoms with van der Waals surface area (Å²) in [4.78, 5) is 10.2. The third-order valence-electron chi connectivity index (χ3n) is 4.37. The summed E-state index contributed by atoms with van der Waals surface area (Å²) >= 11 is 0. The zero-order valence-electron chi connectivity index (χ0n) is 13.5. The molecule has 0 bridgehead atoms. The molecule has 0 aromatic heterocycles. The number of nitro benzene ring substituents is 1. The Balaban J connectivity index is 1.81. The van der Waals surface area contributed by atoms with Crippen molar-refractivity contribution in [1.82, 2.24) is 10.0 Å². The van der Waals surface area contributed by atoms with Crippen LogP contribution in [0.15, 0.2) is 59.5 Å². The Hall–Kier alpha value is -2.29. The number of nitrogens with zero attached hydrogens (tertiary/aromatic N) is 1. The number of nitrogens with one attached hydrogen (secondary N) is 2. The van der Waals surface area contributed by atoms with E-state index in [0.29, 0.717) is 6.54 Å². The molecule has 0 saturated carbocycles. The van der Waals surface area contributed by atoms with Gasteiger partial charge in [-0.2, -0.15) is 0 Å². The van der Waals surface area contributed by atoms with Crippen molar-refractivity contribution >= 4 is 15.7 Å². The van der Waals surface area contributed by atoms with Gasteiger partial charge in [0.25, 0.3) is 5.69 Å².